The van der Waals surface area contributed by atoms with Crippen molar-refractivity contribution < 1.29 is 19.1 Å². The van der Waals surface area contributed by atoms with Crippen LogP contribution in [0.15, 0.2) is 54.6 Å². The van der Waals surface area contributed by atoms with Crippen LogP contribution in [0.2, 0.25) is 0 Å². The summed E-state index contributed by atoms with van der Waals surface area (Å²) in [6.45, 7) is 3.40. The van der Waals surface area contributed by atoms with Gasteiger partial charge in [0.05, 0.1) is 13.2 Å². The molecule has 3 aliphatic rings. The molecule has 1 spiro atoms. The maximum atomic E-state index is 13.4. The molecular formula is C25H27N3O4. The van der Waals surface area contributed by atoms with E-state index in [1.54, 1.807) is 4.90 Å². The van der Waals surface area contributed by atoms with Crippen molar-refractivity contribution in [2.45, 2.75) is 37.9 Å². The molecule has 2 unspecified atom stereocenters. The number of hydrogen-bond acceptors (Lipinski definition) is 4. The standard InChI is InChI=1S/C25H27N3O4/c1-17(20-15-32-16-20)27(13-18-7-3-2-4-8-18)22(29)14-28-23(30)25(26-24(28)31)12-11-19-9-5-6-10-21(19)25/h2-10,17,20H,11-16H2,1H3,(H,26,31). The summed E-state index contributed by atoms with van der Waals surface area (Å²) < 4.78 is 5.33. The van der Waals surface area contributed by atoms with E-state index in [4.69, 9.17) is 4.74 Å². The second kappa shape index (κ2) is 8.06. The zero-order chi connectivity index (χ0) is 22.3. The first-order valence-corrected chi connectivity index (χ1v) is 11.1. The van der Waals surface area contributed by atoms with Crippen molar-refractivity contribution in [1.82, 2.24) is 15.1 Å². The van der Waals surface area contributed by atoms with Gasteiger partial charge < -0.3 is 15.0 Å². The molecule has 2 heterocycles. The van der Waals surface area contributed by atoms with Gasteiger partial charge in [0.2, 0.25) is 5.91 Å². The average Bonchev–Trinajstić information content (AvgIpc) is 3.24. The van der Waals surface area contributed by atoms with Gasteiger partial charge in [0, 0.05) is 18.5 Å². The summed E-state index contributed by atoms with van der Waals surface area (Å²) in [7, 11) is 0. The highest BCUT2D eigenvalue weighted by Crippen LogP contribution is 2.41. The molecule has 5 rings (SSSR count). The van der Waals surface area contributed by atoms with E-state index in [2.05, 4.69) is 5.32 Å². The predicted octanol–water partition coefficient (Wildman–Crippen LogP) is 2.44. The Labute approximate surface area is 187 Å². The number of rotatable bonds is 6. The molecule has 2 aromatic carbocycles. The van der Waals surface area contributed by atoms with E-state index in [1.807, 2.05) is 61.5 Å². The summed E-state index contributed by atoms with van der Waals surface area (Å²) in [5.41, 5.74) is 1.87. The van der Waals surface area contributed by atoms with Crippen molar-refractivity contribution in [1.29, 1.82) is 0 Å². The molecule has 1 N–H and O–H groups in total. The molecule has 0 bridgehead atoms. The maximum Gasteiger partial charge on any atom is 0.325 e. The Morgan fingerprint density at radius 3 is 2.59 bits per heavy atom. The second-order valence-corrected chi connectivity index (χ2v) is 8.93. The number of ether oxygens (including phenoxy) is 1. The molecular weight excluding hydrogens is 406 g/mol. The van der Waals surface area contributed by atoms with Crippen molar-refractivity contribution in [2.24, 2.45) is 5.92 Å². The lowest BCUT2D eigenvalue weighted by Gasteiger charge is -2.39. The van der Waals surface area contributed by atoms with Crippen LogP contribution < -0.4 is 5.32 Å². The third kappa shape index (κ3) is 3.37. The number of fused-ring (bicyclic) bond motifs is 2. The van der Waals surface area contributed by atoms with E-state index in [-0.39, 0.29) is 30.3 Å². The van der Waals surface area contributed by atoms with Gasteiger partial charge >= 0.3 is 6.03 Å². The van der Waals surface area contributed by atoms with E-state index in [9.17, 15) is 14.4 Å². The quantitative estimate of drug-likeness (QED) is 0.710. The molecule has 7 heteroatoms. The van der Waals surface area contributed by atoms with Crippen LogP contribution in [0.25, 0.3) is 0 Å². The minimum atomic E-state index is -1.05. The van der Waals surface area contributed by atoms with E-state index >= 15 is 0 Å². The summed E-state index contributed by atoms with van der Waals surface area (Å²) in [5.74, 6) is -0.320. The lowest BCUT2D eigenvalue weighted by atomic mass is 9.92. The fourth-order valence-corrected chi connectivity index (χ4v) is 4.99. The first-order chi connectivity index (χ1) is 15.5. The van der Waals surface area contributed by atoms with E-state index in [1.165, 1.54) is 0 Å². The Morgan fingerprint density at radius 2 is 1.88 bits per heavy atom. The molecule has 2 fully saturated rings. The van der Waals surface area contributed by atoms with Crippen LogP contribution in [0.3, 0.4) is 0 Å². The van der Waals surface area contributed by atoms with Crippen LogP contribution in [0, 0.1) is 5.92 Å². The third-order valence-electron chi connectivity index (χ3n) is 7.07. The number of hydrogen-bond donors (Lipinski definition) is 1. The van der Waals surface area contributed by atoms with Crippen molar-refractivity contribution in [2.75, 3.05) is 19.8 Å². The van der Waals surface area contributed by atoms with Crippen molar-refractivity contribution in [3.05, 3.63) is 71.3 Å². The Kier molecular flexibility index (Phi) is 5.21. The highest BCUT2D eigenvalue weighted by Gasteiger charge is 2.55. The normalized spacial score (nSPS) is 23.1. The van der Waals surface area contributed by atoms with Gasteiger partial charge in [-0.25, -0.2) is 4.79 Å². The van der Waals surface area contributed by atoms with Crippen LogP contribution in [-0.2, 0) is 32.8 Å². The summed E-state index contributed by atoms with van der Waals surface area (Å²) in [6.07, 6.45) is 1.24. The summed E-state index contributed by atoms with van der Waals surface area (Å²) in [4.78, 5) is 42.6. The largest absolute Gasteiger partial charge is 0.381 e. The smallest absolute Gasteiger partial charge is 0.325 e. The summed E-state index contributed by atoms with van der Waals surface area (Å²) in [6, 6.07) is 16.9. The molecule has 0 radical (unpaired) electrons. The van der Waals surface area contributed by atoms with Gasteiger partial charge in [-0.1, -0.05) is 54.6 Å². The SMILES string of the molecule is CC(C1COC1)N(Cc1ccccc1)C(=O)CN1C(=O)NC2(CCc3ccccc32)C1=O. The molecule has 7 nitrogen and oxygen atoms in total. The number of carbonyl (C=O) groups excluding carboxylic acids is 3. The van der Waals surface area contributed by atoms with Gasteiger partial charge in [-0.05, 0) is 36.5 Å². The van der Waals surface area contributed by atoms with Gasteiger partial charge in [-0.15, -0.1) is 0 Å². The number of benzene rings is 2. The molecule has 2 saturated heterocycles. The molecule has 2 aliphatic heterocycles. The maximum absolute atomic E-state index is 13.4. The zero-order valence-electron chi connectivity index (χ0n) is 18.1. The molecule has 0 aromatic heterocycles. The minimum absolute atomic E-state index is 0.0570. The van der Waals surface area contributed by atoms with Gasteiger partial charge in [-0.3, -0.25) is 14.5 Å². The highest BCUT2D eigenvalue weighted by molar-refractivity contribution is 6.09. The van der Waals surface area contributed by atoms with E-state index < -0.39 is 11.6 Å². The number of imide groups is 1. The fourth-order valence-electron chi connectivity index (χ4n) is 4.99. The molecule has 4 amide bonds. The molecule has 32 heavy (non-hydrogen) atoms. The monoisotopic (exact) mass is 433 g/mol. The number of carbonyl (C=O) groups is 3. The Bertz CT molecular complexity index is 1050. The van der Waals surface area contributed by atoms with Crippen LogP contribution in [0.5, 0.6) is 0 Å². The topological polar surface area (TPSA) is 79.0 Å². The number of urea groups is 1. The fraction of sp³-hybridized carbons (Fsp3) is 0.400. The molecule has 0 saturated carbocycles. The highest BCUT2D eigenvalue weighted by atomic mass is 16.5. The van der Waals surface area contributed by atoms with E-state index in [0.717, 1.165) is 28.0 Å². The van der Waals surface area contributed by atoms with Gasteiger partial charge in [-0.2, -0.15) is 0 Å². The Hall–Kier alpha value is -3.19. The second-order valence-electron chi connectivity index (χ2n) is 8.93. The summed E-state index contributed by atoms with van der Waals surface area (Å²) in [5, 5.41) is 2.90. The molecule has 2 atom stereocenters. The Balaban J connectivity index is 1.37. The van der Waals surface area contributed by atoms with Crippen molar-refractivity contribution in [3.63, 3.8) is 0 Å². The number of nitrogens with one attached hydrogen (secondary N) is 1. The van der Waals surface area contributed by atoms with Crippen molar-refractivity contribution in [3.8, 4) is 0 Å². The molecule has 166 valence electrons. The average molecular weight is 434 g/mol. The lowest BCUT2D eigenvalue weighted by molar-refractivity contribution is -0.145. The Morgan fingerprint density at radius 1 is 1.16 bits per heavy atom. The van der Waals surface area contributed by atoms with Crippen LogP contribution in [0.4, 0.5) is 4.79 Å². The number of amides is 4. The van der Waals surface area contributed by atoms with Crippen molar-refractivity contribution >= 4 is 17.8 Å². The summed E-state index contributed by atoms with van der Waals surface area (Å²) >= 11 is 0. The molecule has 1 aliphatic carbocycles. The number of nitrogens with zero attached hydrogens (tertiary/aromatic N) is 2. The first kappa shape index (κ1) is 20.7. The minimum Gasteiger partial charge on any atom is -0.381 e. The predicted molar refractivity (Wildman–Crippen MR) is 117 cm³/mol. The van der Waals surface area contributed by atoms with Crippen LogP contribution >= 0.6 is 0 Å². The van der Waals surface area contributed by atoms with Crippen LogP contribution in [0.1, 0.15) is 30.0 Å². The van der Waals surface area contributed by atoms with Gasteiger partial charge in [0.25, 0.3) is 5.91 Å². The zero-order valence-corrected chi connectivity index (χ0v) is 18.1. The van der Waals surface area contributed by atoms with Gasteiger partial charge in [0.15, 0.2) is 0 Å². The van der Waals surface area contributed by atoms with Gasteiger partial charge in [0.1, 0.15) is 12.1 Å². The van der Waals surface area contributed by atoms with Crippen LogP contribution in [-0.4, -0.2) is 53.4 Å². The molecule has 2 aromatic rings. The third-order valence-corrected chi connectivity index (χ3v) is 7.07. The first-order valence-electron chi connectivity index (χ1n) is 11.1. The van der Waals surface area contributed by atoms with E-state index in [0.29, 0.717) is 26.2 Å². The lowest BCUT2D eigenvalue weighted by Crippen LogP contribution is -2.52. The number of aryl methyl sites for hydroxylation is 1.